The predicted octanol–water partition coefficient (Wildman–Crippen LogP) is 20.0. The number of methoxy groups -OCH3 is 3. The zero-order chi connectivity index (χ0) is 98.7. The molecule has 0 amide bonds. The van der Waals surface area contributed by atoms with Gasteiger partial charge in [0.1, 0.15) is 112 Å². The Balaban J connectivity index is 0.000000138. The largest absolute Gasteiger partial charge is 0.508 e. The van der Waals surface area contributed by atoms with Gasteiger partial charge in [0, 0.05) is 76.7 Å². The van der Waals surface area contributed by atoms with Crippen molar-refractivity contribution < 1.29 is 99.1 Å². The summed E-state index contributed by atoms with van der Waals surface area (Å²) in [5.41, 5.74) is -0.962. The number of aryl methyl sites for hydroxylation is 2. The fraction of sp³-hybridized carbons (Fsp3) is 0.176. The maximum absolute atomic E-state index is 14.2. The van der Waals surface area contributed by atoms with E-state index in [1.54, 1.807) is 111 Å². The van der Waals surface area contributed by atoms with Crippen LogP contribution >= 0.6 is 70.2 Å². The van der Waals surface area contributed by atoms with Crippen LogP contribution < -0.4 is 53.4 Å². The number of fused-ring (bicyclic) bond motifs is 10. The Bertz CT molecular complexity index is 8120. The minimum absolute atomic E-state index is 0.0234. The second-order valence-electron chi connectivity index (χ2n) is 31.8. The van der Waals surface area contributed by atoms with Crippen LogP contribution in [0.4, 0.5) is 13.2 Å². The minimum atomic E-state index is -0.820. The van der Waals surface area contributed by atoms with E-state index in [0.717, 1.165) is 63.1 Å². The van der Waals surface area contributed by atoms with Crippen LogP contribution in [0.15, 0.2) is 315 Å². The minimum Gasteiger partial charge on any atom is -0.508 e. The summed E-state index contributed by atoms with van der Waals surface area (Å²) in [6.07, 6.45) is -1.99. The molecule has 0 bridgehead atoms. The van der Waals surface area contributed by atoms with Gasteiger partial charge in [-0.05, 0) is 185 Å². The average Bonchev–Trinajstić information content (AvgIpc) is 1.45. The highest BCUT2D eigenvalue weighted by molar-refractivity contribution is 8.00. The van der Waals surface area contributed by atoms with Crippen molar-refractivity contribution in [1.29, 1.82) is 0 Å². The molecule has 28 nitrogen and oxygen atoms in total. The maximum atomic E-state index is 14.2. The number of phenols is 1. The predicted molar refractivity (Wildman–Crippen MR) is 518 cm³/mol. The fourth-order valence-electron chi connectivity index (χ4n) is 15.6. The number of phenolic OH excluding ortho intramolecular Hbond substituents is 1. The van der Waals surface area contributed by atoms with Gasteiger partial charge in [-0.3, -0.25) is 14.4 Å². The van der Waals surface area contributed by atoms with Crippen LogP contribution in [0, 0.1) is 31.3 Å². The summed E-state index contributed by atoms with van der Waals surface area (Å²) in [7, 11) is 4.63. The van der Waals surface area contributed by atoms with Gasteiger partial charge in [0.05, 0.1) is 57.0 Å². The number of esters is 1. The first-order valence-corrected chi connectivity index (χ1v) is 46.4. The third-order valence-electron chi connectivity index (χ3n) is 22.1. The van der Waals surface area contributed by atoms with Gasteiger partial charge >= 0.3 is 28.5 Å². The van der Waals surface area contributed by atoms with Gasteiger partial charge in [0.15, 0.2) is 51.8 Å². The van der Waals surface area contributed by atoms with Gasteiger partial charge in [0.2, 0.25) is 0 Å². The molecular formula is C102H80Cl2F3N3O25S4. The van der Waals surface area contributed by atoms with Crippen molar-refractivity contribution >= 4 is 142 Å². The Labute approximate surface area is 811 Å². The number of nitrogens with zero attached hydrogens (tertiary/aromatic N) is 3. The van der Waals surface area contributed by atoms with Crippen LogP contribution in [0.5, 0.6) is 46.0 Å². The second-order valence-corrected chi connectivity index (χ2v) is 37.0. The summed E-state index contributed by atoms with van der Waals surface area (Å²) >= 11 is 15.9. The summed E-state index contributed by atoms with van der Waals surface area (Å²) in [5.74, 6) is -3.33. The SMILES string of the molecule is CCOC(=O)c1c(C)oc(=O)c(Sc2ccc(F)cc2)c1O.CO[C@@H]1O[C@H](COc2ccc3c4oc(=O)c(Sc5cccc(Cl)c5)c(O)c4c(=O)n(Cc4ccc(F)cc4)c3c2)[C@H]2OC(C)(C)O[C@@H]12.COc1ccc2c3oc(=O)c(Sc4ccc(C)cc4)c(O)c3c(=O)n(Cc3ccccc3OC)c2c1.O=c1oc2c(c(O)c1Sc1cccc(Cl)c1)c(=O)n(Cc1ccc(F)cc1)c1cc(O)ccc21. The zero-order valence-corrected chi connectivity index (χ0v) is 79.3. The number of halogens is 5. The van der Waals surface area contributed by atoms with E-state index in [1.165, 1.54) is 114 Å². The van der Waals surface area contributed by atoms with E-state index in [2.05, 4.69) is 0 Å². The first-order chi connectivity index (χ1) is 66.7. The first-order valence-electron chi connectivity index (χ1n) is 42.4. The molecule has 7 aromatic heterocycles. The number of carbonyl (C=O) groups is 1. The summed E-state index contributed by atoms with van der Waals surface area (Å²) < 4.78 is 111. The van der Waals surface area contributed by atoms with Crippen molar-refractivity contribution in [3.05, 3.63) is 358 Å². The Morgan fingerprint density at radius 1 is 0.453 bits per heavy atom. The lowest BCUT2D eigenvalue weighted by Gasteiger charge is -2.23. The lowest BCUT2D eigenvalue weighted by Crippen LogP contribution is -2.34. The Morgan fingerprint density at radius 2 is 0.878 bits per heavy atom. The highest BCUT2D eigenvalue weighted by atomic mass is 35.5. The van der Waals surface area contributed by atoms with Gasteiger partial charge in [-0.25, -0.2) is 37.1 Å². The molecule has 0 saturated carbocycles. The molecule has 0 aliphatic carbocycles. The molecule has 0 unspecified atom stereocenters. The normalized spacial score (nSPS) is 14.7. The number of rotatable bonds is 22. The number of aromatic hydroxyl groups is 5. The van der Waals surface area contributed by atoms with Crippen molar-refractivity contribution in [2.45, 2.75) is 124 Å². The molecule has 2 fully saturated rings. The molecule has 4 atom stereocenters. The van der Waals surface area contributed by atoms with Crippen molar-refractivity contribution in [1.82, 2.24) is 13.7 Å². The maximum Gasteiger partial charge on any atom is 0.354 e. The number of hydrogen-bond acceptors (Lipinski definition) is 29. The number of benzene rings is 10. The number of carbonyl (C=O) groups excluding carboxylic acids is 1. The Morgan fingerprint density at radius 3 is 1.35 bits per heavy atom. The number of pyridine rings is 3. The molecule has 712 valence electrons. The van der Waals surface area contributed by atoms with Crippen LogP contribution in [-0.2, 0) is 43.3 Å². The van der Waals surface area contributed by atoms with Crippen molar-refractivity contribution in [3.63, 3.8) is 0 Å². The number of ether oxygens (including phenoxy) is 8. The molecule has 2 aliphatic heterocycles. The molecule has 10 aromatic carbocycles. The standard InChI is InChI=1S/C34H29ClFNO9S.C28H23NO6S.C25H15ClFNO5S.C15H13FO5S/c1-34(2)45-28-24(43-33(41-3)29(28)46-34)16-42-20-11-12-22-23(14-20)37(15-17-7-9-19(36)10-8-17)31(39)25-26(38)30(32(40)44-27(22)25)47-21-6-4-5-18(35)13-21;1-16-8-11-19(12-9-16)36-26-24(30)23-25(35-28(26)32)20-13-10-18(33-2)14-21(20)29(27(23)31)15-17-6-4-5-7-22(17)34-3;26-14-2-1-3-17(10-14)34-23-21(30)20-22(33-25(23)32)18-9-8-16(29)11-19(18)28(24(20)31)12-13-4-6-15(27)7-5-13;1-3-20-14(18)11-8(2)21-15(19)13(12(11)17)22-10-6-4-9(16)5-7-10/h4-14,24,28-29,33,38H,15-16H2,1-3H3;4-14,30H,15H2,1-3H3;1-11,29-30H,12H2;4-7,17H,3H2,1-2H3/t24-,28-,29-,33-;;;/m1.../s1. The first kappa shape index (κ1) is 98.0. The number of aromatic nitrogens is 3. The zero-order valence-electron chi connectivity index (χ0n) is 74.5. The Kier molecular flexibility index (Phi) is 29.4. The van der Waals surface area contributed by atoms with Crippen LogP contribution in [0.1, 0.15) is 59.1 Å². The van der Waals surface area contributed by atoms with Crippen LogP contribution in [0.3, 0.4) is 0 Å². The summed E-state index contributed by atoms with van der Waals surface area (Å²) in [4.78, 5) is 106. The lowest BCUT2D eigenvalue weighted by atomic mass is 10.1. The van der Waals surface area contributed by atoms with Crippen molar-refractivity contribution in [2.24, 2.45) is 0 Å². The molecule has 0 spiro atoms. The molecule has 0 radical (unpaired) electrons. The third-order valence-corrected chi connectivity index (χ3v) is 26.8. The second kappa shape index (κ2) is 41.7. The van der Waals surface area contributed by atoms with E-state index in [0.29, 0.717) is 85.8 Å². The summed E-state index contributed by atoms with van der Waals surface area (Å²) in [6.45, 7) is 9.04. The van der Waals surface area contributed by atoms with Crippen molar-refractivity contribution in [3.8, 4) is 46.0 Å². The topological polar surface area (TPSA) is 379 Å². The molecule has 9 heterocycles. The molecule has 37 heteroatoms. The highest BCUT2D eigenvalue weighted by Gasteiger charge is 2.56. The molecule has 17 aromatic rings. The molecule has 19 rings (SSSR count). The van der Waals surface area contributed by atoms with E-state index in [-0.39, 0.29) is 102 Å². The van der Waals surface area contributed by atoms with E-state index in [9.17, 15) is 77.1 Å². The van der Waals surface area contributed by atoms with E-state index in [4.69, 9.17) is 78.8 Å². The monoisotopic (exact) mass is 2000 g/mol. The van der Waals surface area contributed by atoms with Gasteiger partial charge in [-0.1, -0.05) is 143 Å². The molecule has 5 N–H and O–H groups in total. The number of para-hydroxylation sites is 1. The molecular weight excluding hydrogens is 1920 g/mol. The van der Waals surface area contributed by atoms with Crippen LogP contribution in [-0.4, -0.2) is 110 Å². The smallest absolute Gasteiger partial charge is 0.354 e. The fourth-order valence-corrected chi connectivity index (χ4v) is 19.6. The van der Waals surface area contributed by atoms with Gasteiger partial charge in [-0.2, -0.15) is 0 Å². The average molecular weight is 2000 g/mol. The summed E-state index contributed by atoms with van der Waals surface area (Å²) in [6, 6.07) is 59.3. The van der Waals surface area contributed by atoms with Crippen LogP contribution in [0.2, 0.25) is 10.0 Å². The molecule has 139 heavy (non-hydrogen) atoms. The number of hydrogen-bond donors (Lipinski definition) is 5. The summed E-state index contributed by atoms with van der Waals surface area (Å²) in [5, 5.41) is 55.6. The van der Waals surface area contributed by atoms with Gasteiger partial charge in [0.25, 0.3) is 16.7 Å². The molecule has 2 saturated heterocycles. The molecule has 2 aliphatic rings. The third kappa shape index (κ3) is 21.0. The van der Waals surface area contributed by atoms with Gasteiger partial charge in [-0.15, -0.1) is 0 Å². The lowest BCUT2D eigenvalue weighted by molar-refractivity contribution is -0.229. The van der Waals surface area contributed by atoms with Gasteiger partial charge < -0.3 is 94.8 Å². The van der Waals surface area contributed by atoms with E-state index in [1.807, 2.05) is 69.3 Å². The Hall–Kier alpha value is -14.1. The van der Waals surface area contributed by atoms with Crippen LogP contribution in [0.25, 0.3) is 65.6 Å². The van der Waals surface area contributed by atoms with Crippen molar-refractivity contribution in [2.75, 3.05) is 34.5 Å². The van der Waals surface area contributed by atoms with E-state index < -0.39 is 116 Å². The highest BCUT2D eigenvalue weighted by Crippen LogP contribution is 2.45. The van der Waals surface area contributed by atoms with E-state index >= 15 is 0 Å². The quantitative estimate of drug-likeness (QED) is 0.0311.